The van der Waals surface area contributed by atoms with Gasteiger partial charge < -0.3 is 9.64 Å². The molecule has 1 amide bonds. The van der Waals surface area contributed by atoms with Crippen LogP contribution in [0.25, 0.3) is 10.2 Å². The summed E-state index contributed by atoms with van der Waals surface area (Å²) in [6.45, 7) is 5.34. The summed E-state index contributed by atoms with van der Waals surface area (Å²) in [4.78, 5) is 22.7. The first-order valence-corrected chi connectivity index (χ1v) is 8.74. The molecule has 2 aromatic heterocycles. The number of thioether (sulfide) groups is 1. The molecule has 2 aromatic rings. The lowest BCUT2D eigenvalue weighted by Gasteiger charge is -2.35. The van der Waals surface area contributed by atoms with Crippen molar-refractivity contribution in [3.63, 3.8) is 0 Å². The van der Waals surface area contributed by atoms with Gasteiger partial charge in [0.15, 0.2) is 0 Å². The van der Waals surface area contributed by atoms with Crippen molar-refractivity contribution in [2.24, 2.45) is 0 Å². The van der Waals surface area contributed by atoms with E-state index in [1.165, 1.54) is 11.8 Å². The van der Waals surface area contributed by atoms with Crippen molar-refractivity contribution in [1.82, 2.24) is 14.9 Å². The van der Waals surface area contributed by atoms with Crippen molar-refractivity contribution in [2.45, 2.75) is 31.1 Å². The lowest BCUT2D eigenvalue weighted by Crippen LogP contribution is -2.48. The first-order chi connectivity index (χ1) is 10.1. The number of aromatic nitrogens is 2. The van der Waals surface area contributed by atoms with Crippen LogP contribution >= 0.6 is 23.1 Å². The molecule has 1 aliphatic rings. The molecule has 0 spiro atoms. The number of hydrogen-bond donors (Lipinski definition) is 0. The summed E-state index contributed by atoms with van der Waals surface area (Å²) in [7, 11) is 0. The van der Waals surface area contributed by atoms with E-state index in [1.54, 1.807) is 17.7 Å². The molecule has 0 N–H and O–H groups in total. The lowest BCUT2D eigenvalue weighted by molar-refractivity contribution is -0.140. The molecule has 2 unspecified atom stereocenters. The number of ether oxygens (including phenoxy) is 1. The van der Waals surface area contributed by atoms with Crippen molar-refractivity contribution >= 4 is 39.2 Å². The molecule has 112 valence electrons. The van der Waals surface area contributed by atoms with E-state index in [1.807, 2.05) is 30.2 Å². The first kappa shape index (κ1) is 14.7. The molecule has 3 heterocycles. The minimum absolute atomic E-state index is 0.103. The zero-order valence-electron chi connectivity index (χ0n) is 12.0. The number of nitrogens with zero attached hydrogens (tertiary/aromatic N) is 3. The Balaban J connectivity index is 1.64. The van der Waals surface area contributed by atoms with Gasteiger partial charge in [0, 0.05) is 13.1 Å². The second-order valence-corrected chi connectivity index (χ2v) is 7.04. The fourth-order valence-electron chi connectivity index (χ4n) is 2.47. The van der Waals surface area contributed by atoms with Crippen LogP contribution in [0.1, 0.15) is 13.8 Å². The van der Waals surface area contributed by atoms with Crippen molar-refractivity contribution in [1.29, 1.82) is 0 Å². The number of carbonyl (C=O) groups excluding carboxylic acids is 1. The van der Waals surface area contributed by atoms with Gasteiger partial charge in [-0.25, -0.2) is 9.97 Å². The topological polar surface area (TPSA) is 55.3 Å². The summed E-state index contributed by atoms with van der Waals surface area (Å²) in [6.07, 6.45) is 1.76. The summed E-state index contributed by atoms with van der Waals surface area (Å²) in [5.74, 6) is 0.550. The zero-order chi connectivity index (χ0) is 14.8. The Morgan fingerprint density at radius 3 is 2.95 bits per heavy atom. The normalized spacial score (nSPS) is 22.7. The first-order valence-electron chi connectivity index (χ1n) is 6.87. The van der Waals surface area contributed by atoms with E-state index in [0.29, 0.717) is 18.8 Å². The molecule has 1 aliphatic heterocycles. The van der Waals surface area contributed by atoms with E-state index >= 15 is 0 Å². The molecule has 1 fully saturated rings. The SMILES string of the molecule is CC1CN(C(=O)CSc2ncnc3ccsc23)CC(C)O1. The van der Waals surface area contributed by atoms with Gasteiger partial charge in [0.05, 0.1) is 28.2 Å². The Hall–Kier alpha value is -1.18. The Morgan fingerprint density at radius 2 is 2.19 bits per heavy atom. The molecular weight excluding hydrogens is 306 g/mol. The predicted octanol–water partition coefficient (Wildman–Crippen LogP) is 2.42. The van der Waals surface area contributed by atoms with E-state index in [4.69, 9.17) is 4.74 Å². The fourth-order valence-corrected chi connectivity index (χ4v) is 4.32. The molecule has 5 nitrogen and oxygen atoms in total. The quantitative estimate of drug-likeness (QED) is 0.641. The number of thiophene rings is 1. The maximum Gasteiger partial charge on any atom is 0.233 e. The highest BCUT2D eigenvalue weighted by Crippen LogP contribution is 2.28. The van der Waals surface area contributed by atoms with Crippen LogP contribution < -0.4 is 0 Å². The number of carbonyl (C=O) groups is 1. The van der Waals surface area contributed by atoms with E-state index < -0.39 is 0 Å². The molecular formula is C14H17N3O2S2. The van der Waals surface area contributed by atoms with Crippen LogP contribution in [0.2, 0.25) is 0 Å². The molecule has 3 rings (SSSR count). The minimum atomic E-state index is 0.103. The van der Waals surface area contributed by atoms with Crippen LogP contribution in [0.5, 0.6) is 0 Å². The van der Waals surface area contributed by atoms with Gasteiger partial charge in [-0.05, 0) is 25.3 Å². The zero-order valence-corrected chi connectivity index (χ0v) is 13.6. The summed E-state index contributed by atoms with van der Waals surface area (Å²) in [5.41, 5.74) is 0.943. The van der Waals surface area contributed by atoms with Gasteiger partial charge in [0.1, 0.15) is 11.4 Å². The number of amides is 1. The van der Waals surface area contributed by atoms with Crippen LogP contribution in [0.4, 0.5) is 0 Å². The van der Waals surface area contributed by atoms with Gasteiger partial charge >= 0.3 is 0 Å². The van der Waals surface area contributed by atoms with Gasteiger partial charge in [-0.15, -0.1) is 11.3 Å². The largest absolute Gasteiger partial charge is 0.372 e. The number of fused-ring (bicyclic) bond motifs is 1. The monoisotopic (exact) mass is 323 g/mol. The fraction of sp³-hybridized carbons (Fsp3) is 0.500. The molecule has 1 saturated heterocycles. The van der Waals surface area contributed by atoms with E-state index in [0.717, 1.165) is 15.2 Å². The second kappa shape index (κ2) is 6.29. The molecule has 7 heteroatoms. The van der Waals surface area contributed by atoms with E-state index in [9.17, 15) is 4.79 Å². The maximum atomic E-state index is 12.3. The van der Waals surface area contributed by atoms with Crippen LogP contribution in [-0.4, -0.2) is 51.8 Å². The maximum absolute atomic E-state index is 12.3. The standard InChI is InChI=1S/C14H17N3O2S2/c1-9-5-17(6-10(2)19-9)12(18)7-21-14-13-11(3-4-20-13)15-8-16-14/h3-4,8-10H,5-7H2,1-2H3. The molecule has 0 aromatic carbocycles. The molecule has 0 saturated carbocycles. The number of morpholine rings is 1. The summed E-state index contributed by atoms with van der Waals surface area (Å²) in [6, 6.07) is 1.97. The molecule has 21 heavy (non-hydrogen) atoms. The third-order valence-corrected chi connectivity index (χ3v) is 5.33. The van der Waals surface area contributed by atoms with Crippen LogP contribution in [0.3, 0.4) is 0 Å². The average molecular weight is 323 g/mol. The van der Waals surface area contributed by atoms with Crippen LogP contribution in [0.15, 0.2) is 22.8 Å². The molecule has 0 bridgehead atoms. The van der Waals surface area contributed by atoms with Gasteiger partial charge in [-0.1, -0.05) is 11.8 Å². The molecule has 0 radical (unpaired) electrons. The number of rotatable bonds is 3. The minimum Gasteiger partial charge on any atom is -0.372 e. The van der Waals surface area contributed by atoms with Gasteiger partial charge in [-0.2, -0.15) is 0 Å². The van der Waals surface area contributed by atoms with Crippen LogP contribution in [0, 0.1) is 0 Å². The highest BCUT2D eigenvalue weighted by molar-refractivity contribution is 8.00. The van der Waals surface area contributed by atoms with Crippen molar-refractivity contribution in [3.05, 3.63) is 17.8 Å². The third-order valence-electron chi connectivity index (χ3n) is 3.32. The summed E-state index contributed by atoms with van der Waals surface area (Å²) >= 11 is 3.10. The van der Waals surface area contributed by atoms with Crippen molar-refractivity contribution in [3.8, 4) is 0 Å². The summed E-state index contributed by atoms with van der Waals surface area (Å²) < 4.78 is 6.71. The lowest BCUT2D eigenvalue weighted by atomic mass is 10.2. The number of hydrogen-bond acceptors (Lipinski definition) is 6. The Labute approximate surface area is 131 Å². The average Bonchev–Trinajstić information content (AvgIpc) is 2.92. The highest BCUT2D eigenvalue weighted by atomic mass is 32.2. The molecule has 0 aliphatic carbocycles. The van der Waals surface area contributed by atoms with Gasteiger partial charge in [-0.3, -0.25) is 4.79 Å². The Kier molecular flexibility index (Phi) is 4.42. The Morgan fingerprint density at radius 1 is 1.43 bits per heavy atom. The molecule has 2 atom stereocenters. The Bertz CT molecular complexity index is 636. The second-order valence-electron chi connectivity index (χ2n) is 5.16. The highest BCUT2D eigenvalue weighted by Gasteiger charge is 2.25. The summed E-state index contributed by atoms with van der Waals surface area (Å²) in [5, 5.41) is 2.88. The van der Waals surface area contributed by atoms with Crippen LogP contribution in [-0.2, 0) is 9.53 Å². The third kappa shape index (κ3) is 3.36. The van der Waals surface area contributed by atoms with E-state index in [2.05, 4.69) is 9.97 Å². The van der Waals surface area contributed by atoms with Crippen molar-refractivity contribution in [2.75, 3.05) is 18.8 Å². The van der Waals surface area contributed by atoms with E-state index in [-0.39, 0.29) is 18.1 Å². The van der Waals surface area contributed by atoms with Gasteiger partial charge in [0.25, 0.3) is 0 Å². The van der Waals surface area contributed by atoms with Crippen molar-refractivity contribution < 1.29 is 9.53 Å². The smallest absolute Gasteiger partial charge is 0.233 e. The predicted molar refractivity (Wildman–Crippen MR) is 84.7 cm³/mol. The van der Waals surface area contributed by atoms with Gasteiger partial charge in [0.2, 0.25) is 5.91 Å².